The maximum Gasteiger partial charge on any atom is 0.307 e. The molecule has 1 aliphatic rings. The Morgan fingerprint density at radius 3 is 2.59 bits per heavy atom. The fourth-order valence-electron chi connectivity index (χ4n) is 4.15. The molecule has 0 aliphatic heterocycles. The van der Waals surface area contributed by atoms with E-state index in [1.807, 2.05) is 31.4 Å². The van der Waals surface area contributed by atoms with Crippen molar-refractivity contribution in [2.45, 2.75) is 77.0 Å². The zero-order valence-corrected chi connectivity index (χ0v) is 18.5. The number of aromatic nitrogens is 4. The highest BCUT2D eigenvalue weighted by Gasteiger charge is 2.23. The van der Waals surface area contributed by atoms with Crippen LogP contribution in [0.2, 0.25) is 0 Å². The smallest absolute Gasteiger partial charge is 0.307 e. The average molecular weight is 419 g/mol. The van der Waals surface area contributed by atoms with E-state index in [-0.39, 0.29) is 11.8 Å². The summed E-state index contributed by atoms with van der Waals surface area (Å²) in [5.41, 5.74) is 2.57. The summed E-state index contributed by atoms with van der Waals surface area (Å²) < 4.78 is 8.94. The summed E-state index contributed by atoms with van der Waals surface area (Å²) in [4.78, 5) is 24.4. The molecular weight excluding hydrogens is 388 g/mol. The number of aryl methyl sites for hydroxylation is 2. The van der Waals surface area contributed by atoms with Gasteiger partial charge < -0.3 is 13.9 Å². The molecule has 0 bridgehead atoms. The zero-order valence-electron chi connectivity index (χ0n) is 17.7. The van der Waals surface area contributed by atoms with Crippen molar-refractivity contribution in [3.05, 3.63) is 28.8 Å². The van der Waals surface area contributed by atoms with Crippen LogP contribution in [0, 0.1) is 20.8 Å². The number of ketones is 1. The Morgan fingerprint density at radius 2 is 1.90 bits per heavy atom. The molecule has 0 N–H and O–H groups in total. The third-order valence-electron chi connectivity index (χ3n) is 5.75. The van der Waals surface area contributed by atoms with Gasteiger partial charge in [0.05, 0.1) is 19.3 Å². The van der Waals surface area contributed by atoms with Crippen molar-refractivity contribution in [2.24, 2.45) is 0 Å². The second-order valence-corrected chi connectivity index (χ2v) is 8.61. The van der Waals surface area contributed by atoms with E-state index in [0.29, 0.717) is 30.3 Å². The first-order chi connectivity index (χ1) is 13.9. The Morgan fingerprint density at radius 1 is 1.17 bits per heavy atom. The molecular formula is C21H30N4O3S. The van der Waals surface area contributed by atoms with Gasteiger partial charge in [-0.1, -0.05) is 31.0 Å². The van der Waals surface area contributed by atoms with Gasteiger partial charge in [0.25, 0.3) is 0 Å². The fourth-order valence-corrected chi connectivity index (χ4v) is 5.08. The van der Waals surface area contributed by atoms with Crippen molar-refractivity contribution in [1.82, 2.24) is 19.3 Å². The standard InChI is InChI=1S/C21H30N4O3S/c1-14-12-18(15(2)24(14)11-10-20(27)28-4)19(26)13-29-21-23-22-16(3)25(21)17-8-6-5-7-9-17/h12,17H,5-11,13H2,1-4H3. The normalized spacial score (nSPS) is 14.9. The van der Waals surface area contributed by atoms with Crippen LogP contribution in [0.25, 0.3) is 0 Å². The van der Waals surface area contributed by atoms with Crippen LogP contribution in [-0.4, -0.2) is 43.9 Å². The molecule has 158 valence electrons. The molecule has 8 heteroatoms. The largest absolute Gasteiger partial charge is 0.469 e. The Kier molecular flexibility index (Phi) is 7.16. The van der Waals surface area contributed by atoms with E-state index in [1.54, 1.807) is 0 Å². The zero-order chi connectivity index (χ0) is 21.0. The number of thioether (sulfide) groups is 1. The number of esters is 1. The van der Waals surface area contributed by atoms with E-state index in [0.717, 1.165) is 35.2 Å². The van der Waals surface area contributed by atoms with Gasteiger partial charge in [-0.25, -0.2) is 0 Å². The highest BCUT2D eigenvalue weighted by atomic mass is 32.2. The maximum atomic E-state index is 12.9. The van der Waals surface area contributed by atoms with Crippen molar-refractivity contribution in [3.63, 3.8) is 0 Å². The SMILES string of the molecule is COC(=O)CCn1c(C)cc(C(=O)CSc2nnc(C)n2C2CCCCC2)c1C. The van der Waals surface area contributed by atoms with Gasteiger partial charge in [-0.05, 0) is 39.7 Å². The van der Waals surface area contributed by atoms with E-state index in [4.69, 9.17) is 4.74 Å². The summed E-state index contributed by atoms with van der Waals surface area (Å²) in [6.07, 6.45) is 6.37. The lowest BCUT2D eigenvalue weighted by Gasteiger charge is -2.24. The van der Waals surface area contributed by atoms with Gasteiger partial charge in [0.15, 0.2) is 10.9 Å². The minimum atomic E-state index is -0.252. The van der Waals surface area contributed by atoms with Crippen LogP contribution < -0.4 is 0 Å². The monoisotopic (exact) mass is 418 g/mol. The molecule has 2 aromatic heterocycles. The summed E-state index contributed by atoms with van der Waals surface area (Å²) in [6.45, 7) is 6.39. The quantitative estimate of drug-likeness (QED) is 0.366. The molecule has 7 nitrogen and oxygen atoms in total. The first kappa shape index (κ1) is 21.6. The van der Waals surface area contributed by atoms with E-state index in [9.17, 15) is 9.59 Å². The van der Waals surface area contributed by atoms with Gasteiger partial charge in [-0.3, -0.25) is 9.59 Å². The number of hydrogen-bond donors (Lipinski definition) is 0. The first-order valence-electron chi connectivity index (χ1n) is 10.2. The van der Waals surface area contributed by atoms with Gasteiger partial charge in [0.2, 0.25) is 0 Å². The lowest BCUT2D eigenvalue weighted by molar-refractivity contribution is -0.140. The van der Waals surface area contributed by atoms with Crippen LogP contribution in [0.15, 0.2) is 11.2 Å². The predicted molar refractivity (Wildman–Crippen MR) is 112 cm³/mol. The number of ether oxygens (including phenoxy) is 1. The number of nitrogens with zero attached hydrogens (tertiary/aromatic N) is 4. The van der Waals surface area contributed by atoms with Crippen LogP contribution in [0.3, 0.4) is 0 Å². The third kappa shape index (κ3) is 4.91. The van der Waals surface area contributed by atoms with Crippen molar-refractivity contribution in [2.75, 3.05) is 12.9 Å². The molecule has 1 saturated carbocycles. The number of carbonyl (C=O) groups excluding carboxylic acids is 2. The summed E-state index contributed by atoms with van der Waals surface area (Å²) >= 11 is 1.47. The number of methoxy groups -OCH3 is 1. The number of hydrogen-bond acceptors (Lipinski definition) is 6. The molecule has 0 atom stereocenters. The van der Waals surface area contributed by atoms with Gasteiger partial charge in [-0.2, -0.15) is 0 Å². The molecule has 29 heavy (non-hydrogen) atoms. The van der Waals surface area contributed by atoms with Crippen LogP contribution in [0.1, 0.15) is 72.1 Å². The van der Waals surface area contributed by atoms with Crippen molar-refractivity contribution < 1.29 is 14.3 Å². The summed E-state index contributed by atoms with van der Waals surface area (Å²) in [6, 6.07) is 2.35. The second kappa shape index (κ2) is 9.61. The summed E-state index contributed by atoms with van der Waals surface area (Å²) in [7, 11) is 1.39. The Balaban J connectivity index is 1.68. The minimum absolute atomic E-state index is 0.0725. The lowest BCUT2D eigenvalue weighted by Crippen LogP contribution is -2.16. The fraction of sp³-hybridized carbons (Fsp3) is 0.619. The summed E-state index contributed by atoms with van der Waals surface area (Å²) in [5.74, 6) is 1.07. The molecule has 0 unspecified atom stereocenters. The van der Waals surface area contributed by atoms with Gasteiger partial charge in [0.1, 0.15) is 5.82 Å². The number of carbonyl (C=O) groups is 2. The highest BCUT2D eigenvalue weighted by Crippen LogP contribution is 2.32. The van der Waals surface area contributed by atoms with E-state index in [2.05, 4.69) is 14.8 Å². The molecule has 2 aromatic rings. The van der Waals surface area contributed by atoms with Crippen LogP contribution in [0.5, 0.6) is 0 Å². The number of rotatable bonds is 8. The predicted octanol–water partition coefficient (Wildman–Crippen LogP) is 4.05. The van der Waals surface area contributed by atoms with Crippen molar-refractivity contribution in [3.8, 4) is 0 Å². The Labute approximate surface area is 176 Å². The van der Waals surface area contributed by atoms with E-state index >= 15 is 0 Å². The second-order valence-electron chi connectivity index (χ2n) is 7.67. The van der Waals surface area contributed by atoms with Crippen LogP contribution in [-0.2, 0) is 16.1 Å². The molecule has 0 radical (unpaired) electrons. The molecule has 1 fully saturated rings. The molecule has 0 aromatic carbocycles. The molecule has 2 heterocycles. The molecule has 0 amide bonds. The van der Waals surface area contributed by atoms with E-state index < -0.39 is 0 Å². The molecule has 3 rings (SSSR count). The van der Waals surface area contributed by atoms with Crippen LogP contribution in [0.4, 0.5) is 0 Å². The molecule has 0 saturated heterocycles. The van der Waals surface area contributed by atoms with Gasteiger partial charge >= 0.3 is 5.97 Å². The Bertz CT molecular complexity index is 881. The summed E-state index contributed by atoms with van der Waals surface area (Å²) in [5, 5.41) is 9.42. The van der Waals surface area contributed by atoms with Crippen LogP contribution >= 0.6 is 11.8 Å². The van der Waals surface area contributed by atoms with Gasteiger partial charge in [0, 0.05) is 29.5 Å². The topological polar surface area (TPSA) is 79.0 Å². The van der Waals surface area contributed by atoms with E-state index in [1.165, 1.54) is 38.1 Å². The minimum Gasteiger partial charge on any atom is -0.469 e. The lowest BCUT2D eigenvalue weighted by atomic mass is 9.95. The highest BCUT2D eigenvalue weighted by molar-refractivity contribution is 7.99. The molecule has 0 spiro atoms. The Hall–Kier alpha value is -2.09. The maximum absolute atomic E-state index is 12.9. The number of Topliss-reactive ketones (excluding diaryl/α,β-unsaturated/α-hetero) is 1. The van der Waals surface area contributed by atoms with Crippen molar-refractivity contribution >= 4 is 23.5 Å². The first-order valence-corrected chi connectivity index (χ1v) is 11.2. The average Bonchev–Trinajstić information content (AvgIpc) is 3.24. The third-order valence-corrected chi connectivity index (χ3v) is 6.69. The van der Waals surface area contributed by atoms with Crippen molar-refractivity contribution in [1.29, 1.82) is 0 Å². The van der Waals surface area contributed by atoms with Gasteiger partial charge in [-0.15, -0.1) is 10.2 Å². The molecule has 1 aliphatic carbocycles.